The van der Waals surface area contributed by atoms with Crippen molar-refractivity contribution >= 4 is 11.6 Å². The normalized spacial score (nSPS) is 21.9. The van der Waals surface area contributed by atoms with Gasteiger partial charge in [-0.2, -0.15) is 0 Å². The molecule has 4 nitrogen and oxygen atoms in total. The molecule has 2 heterocycles. The zero-order valence-corrected chi connectivity index (χ0v) is 14.1. The molecule has 0 spiro atoms. The highest BCUT2D eigenvalue weighted by atomic mass is 16.2. The zero-order chi connectivity index (χ0) is 16.5. The smallest absolute Gasteiger partial charge is 0.237 e. The lowest BCUT2D eigenvalue weighted by molar-refractivity contribution is -0.122. The predicted octanol–water partition coefficient (Wildman–Crippen LogP) is 3.81. The molecule has 0 atom stereocenters. The standard InChI is InChI=1S/C20H21N3O/c1-20(2)16-8-5-13(9-17(16)23(19(20)24)15-6-7-15)14-10-21-18(22-11-14)12-3-4-12/h5,8-12,15H,3-4,6-7H2,1-2H3. The Hall–Kier alpha value is -2.23. The van der Waals surface area contributed by atoms with E-state index in [0.717, 1.165) is 41.0 Å². The van der Waals surface area contributed by atoms with Gasteiger partial charge in [-0.3, -0.25) is 4.79 Å². The molecule has 1 amide bonds. The van der Waals surface area contributed by atoms with Crippen molar-refractivity contribution in [2.45, 2.75) is 56.9 Å². The van der Waals surface area contributed by atoms with Gasteiger partial charge in [0.15, 0.2) is 0 Å². The van der Waals surface area contributed by atoms with Crippen LogP contribution in [0, 0.1) is 0 Å². The topological polar surface area (TPSA) is 46.1 Å². The van der Waals surface area contributed by atoms with Crippen LogP contribution in [-0.2, 0) is 10.2 Å². The molecule has 2 saturated carbocycles. The van der Waals surface area contributed by atoms with Gasteiger partial charge in [0, 0.05) is 35.6 Å². The monoisotopic (exact) mass is 319 g/mol. The maximum Gasteiger partial charge on any atom is 0.237 e. The van der Waals surface area contributed by atoms with Gasteiger partial charge in [0.05, 0.1) is 5.41 Å². The molecule has 1 aromatic carbocycles. The van der Waals surface area contributed by atoms with E-state index in [0.29, 0.717) is 12.0 Å². The second kappa shape index (κ2) is 4.65. The van der Waals surface area contributed by atoms with E-state index in [-0.39, 0.29) is 5.91 Å². The number of nitrogens with zero attached hydrogens (tertiary/aromatic N) is 3. The van der Waals surface area contributed by atoms with Gasteiger partial charge in [0.2, 0.25) is 5.91 Å². The number of fused-ring (bicyclic) bond motifs is 1. The van der Waals surface area contributed by atoms with Crippen LogP contribution in [0.3, 0.4) is 0 Å². The van der Waals surface area contributed by atoms with E-state index in [1.54, 1.807) is 0 Å². The lowest BCUT2D eigenvalue weighted by Crippen LogP contribution is -2.37. The van der Waals surface area contributed by atoms with Crippen LogP contribution in [-0.4, -0.2) is 21.9 Å². The maximum absolute atomic E-state index is 12.8. The van der Waals surface area contributed by atoms with E-state index in [2.05, 4.69) is 28.2 Å². The molecule has 0 saturated heterocycles. The van der Waals surface area contributed by atoms with Crippen molar-refractivity contribution in [3.8, 4) is 11.1 Å². The predicted molar refractivity (Wildman–Crippen MR) is 93.0 cm³/mol. The molecule has 122 valence electrons. The van der Waals surface area contributed by atoms with Gasteiger partial charge >= 0.3 is 0 Å². The summed E-state index contributed by atoms with van der Waals surface area (Å²) in [7, 11) is 0. The first kappa shape index (κ1) is 14.1. The number of carbonyl (C=O) groups excluding carboxylic acids is 1. The molecule has 0 N–H and O–H groups in total. The lowest BCUT2D eigenvalue weighted by atomic mass is 9.85. The molecular formula is C20H21N3O. The molecule has 1 aromatic heterocycles. The third-order valence-electron chi connectivity index (χ3n) is 5.54. The highest BCUT2D eigenvalue weighted by Crippen LogP contribution is 2.47. The van der Waals surface area contributed by atoms with Crippen molar-refractivity contribution in [1.29, 1.82) is 0 Å². The molecule has 5 rings (SSSR count). The van der Waals surface area contributed by atoms with Gasteiger partial charge in [-0.25, -0.2) is 9.97 Å². The van der Waals surface area contributed by atoms with Gasteiger partial charge in [-0.1, -0.05) is 12.1 Å². The van der Waals surface area contributed by atoms with Crippen LogP contribution in [0.4, 0.5) is 5.69 Å². The van der Waals surface area contributed by atoms with E-state index in [1.807, 2.05) is 31.1 Å². The van der Waals surface area contributed by atoms with Gasteiger partial charge in [-0.15, -0.1) is 0 Å². The first-order chi connectivity index (χ1) is 11.6. The number of aromatic nitrogens is 2. The van der Waals surface area contributed by atoms with E-state index < -0.39 is 5.41 Å². The molecule has 2 aromatic rings. The van der Waals surface area contributed by atoms with Gasteiger partial charge in [-0.05, 0) is 56.7 Å². The molecule has 3 aliphatic rings. The Bertz CT molecular complexity index is 832. The number of amides is 1. The summed E-state index contributed by atoms with van der Waals surface area (Å²) in [5, 5.41) is 0. The van der Waals surface area contributed by atoms with Crippen molar-refractivity contribution in [2.24, 2.45) is 0 Å². The second-order valence-corrected chi connectivity index (χ2v) is 7.87. The van der Waals surface area contributed by atoms with E-state index in [4.69, 9.17) is 0 Å². The Morgan fingerprint density at radius 3 is 2.38 bits per heavy atom. The Kier molecular flexibility index (Phi) is 2.74. The second-order valence-electron chi connectivity index (χ2n) is 7.87. The number of hydrogen-bond donors (Lipinski definition) is 0. The summed E-state index contributed by atoms with van der Waals surface area (Å²) in [6.45, 7) is 4.06. The summed E-state index contributed by atoms with van der Waals surface area (Å²) in [6.07, 6.45) is 8.50. The number of hydrogen-bond acceptors (Lipinski definition) is 3. The summed E-state index contributed by atoms with van der Waals surface area (Å²) < 4.78 is 0. The molecule has 4 heteroatoms. The van der Waals surface area contributed by atoms with Gasteiger partial charge in [0.25, 0.3) is 0 Å². The number of rotatable bonds is 3. The fraction of sp³-hybridized carbons (Fsp3) is 0.450. The maximum atomic E-state index is 12.8. The molecule has 2 fully saturated rings. The third-order valence-corrected chi connectivity index (χ3v) is 5.54. The van der Waals surface area contributed by atoms with Gasteiger partial charge < -0.3 is 4.90 Å². The highest BCUT2D eigenvalue weighted by Gasteiger charge is 2.48. The van der Waals surface area contributed by atoms with Crippen molar-refractivity contribution in [3.63, 3.8) is 0 Å². The Labute approximate surface area is 141 Å². The van der Waals surface area contributed by atoms with Crippen molar-refractivity contribution in [1.82, 2.24) is 9.97 Å². The molecule has 0 unspecified atom stereocenters. The largest absolute Gasteiger partial charge is 0.308 e. The molecular weight excluding hydrogens is 298 g/mol. The molecule has 0 bridgehead atoms. The number of carbonyl (C=O) groups is 1. The van der Waals surface area contributed by atoms with E-state index >= 15 is 0 Å². The van der Waals surface area contributed by atoms with Crippen molar-refractivity contribution in [3.05, 3.63) is 42.0 Å². The Morgan fingerprint density at radius 2 is 1.75 bits per heavy atom. The van der Waals surface area contributed by atoms with Crippen LogP contribution >= 0.6 is 0 Å². The van der Waals surface area contributed by atoms with Crippen LogP contribution in [0.5, 0.6) is 0 Å². The molecule has 1 aliphatic heterocycles. The number of anilines is 1. The minimum atomic E-state index is -0.428. The zero-order valence-electron chi connectivity index (χ0n) is 14.1. The van der Waals surface area contributed by atoms with Gasteiger partial charge in [0.1, 0.15) is 5.82 Å². The van der Waals surface area contributed by atoms with Crippen LogP contribution in [0.1, 0.15) is 56.8 Å². The average Bonchev–Trinajstić information content (AvgIpc) is 3.47. The fourth-order valence-electron chi connectivity index (χ4n) is 3.70. The van der Waals surface area contributed by atoms with Crippen LogP contribution in [0.2, 0.25) is 0 Å². The summed E-state index contributed by atoms with van der Waals surface area (Å²) in [4.78, 5) is 23.9. The van der Waals surface area contributed by atoms with Crippen molar-refractivity contribution < 1.29 is 4.79 Å². The van der Waals surface area contributed by atoms with Crippen molar-refractivity contribution in [2.75, 3.05) is 4.90 Å². The summed E-state index contributed by atoms with van der Waals surface area (Å²) >= 11 is 0. The van der Waals surface area contributed by atoms with E-state index in [9.17, 15) is 4.79 Å². The first-order valence-electron chi connectivity index (χ1n) is 8.86. The fourth-order valence-corrected chi connectivity index (χ4v) is 3.70. The van der Waals surface area contributed by atoms with E-state index in [1.165, 1.54) is 12.8 Å². The van der Waals surface area contributed by atoms with Crippen LogP contribution < -0.4 is 4.90 Å². The highest BCUT2D eigenvalue weighted by molar-refractivity contribution is 6.08. The Morgan fingerprint density at radius 1 is 1.04 bits per heavy atom. The molecule has 24 heavy (non-hydrogen) atoms. The first-order valence-corrected chi connectivity index (χ1v) is 8.86. The third kappa shape index (κ3) is 2.02. The summed E-state index contributed by atoms with van der Waals surface area (Å²) in [5.74, 6) is 1.77. The van der Waals surface area contributed by atoms with Crippen LogP contribution in [0.15, 0.2) is 30.6 Å². The number of benzene rings is 1. The lowest BCUT2D eigenvalue weighted by Gasteiger charge is -2.19. The molecule has 2 aliphatic carbocycles. The minimum Gasteiger partial charge on any atom is -0.308 e. The average molecular weight is 319 g/mol. The summed E-state index contributed by atoms with van der Waals surface area (Å²) in [6, 6.07) is 6.75. The quantitative estimate of drug-likeness (QED) is 0.864. The molecule has 0 radical (unpaired) electrons. The summed E-state index contributed by atoms with van der Waals surface area (Å²) in [5.41, 5.74) is 3.90. The van der Waals surface area contributed by atoms with Crippen LogP contribution in [0.25, 0.3) is 11.1 Å². The minimum absolute atomic E-state index is 0.234. The Balaban J connectivity index is 1.56. The SMILES string of the molecule is CC1(C)C(=O)N(C2CC2)c2cc(-c3cnc(C4CC4)nc3)ccc21.